The van der Waals surface area contributed by atoms with Crippen molar-refractivity contribution in [3.63, 3.8) is 0 Å². The molecule has 1 aromatic heterocycles. The number of nitrogens with zero attached hydrogens (tertiary/aromatic N) is 3. The second-order valence-corrected chi connectivity index (χ2v) is 7.87. The fourth-order valence-electron chi connectivity index (χ4n) is 2.70. The molecule has 1 N–H and O–H groups in total. The Morgan fingerprint density at radius 2 is 1.97 bits per heavy atom. The summed E-state index contributed by atoms with van der Waals surface area (Å²) in [5.41, 5.74) is 1.48. The van der Waals surface area contributed by atoms with Crippen LogP contribution in [0, 0.1) is 0 Å². The zero-order valence-electron chi connectivity index (χ0n) is 16.2. The molecular formula is C20H18Cl2N4O3S. The summed E-state index contributed by atoms with van der Waals surface area (Å²) >= 11 is 13.4. The van der Waals surface area contributed by atoms with Crippen molar-refractivity contribution in [2.24, 2.45) is 0 Å². The molecule has 0 aliphatic heterocycles. The lowest BCUT2D eigenvalue weighted by Crippen LogP contribution is -2.15. The van der Waals surface area contributed by atoms with Crippen LogP contribution in [0.2, 0.25) is 10.0 Å². The highest BCUT2D eigenvalue weighted by atomic mass is 35.5. The number of amides is 1. The molecule has 0 aliphatic carbocycles. The molecule has 0 fully saturated rings. The Morgan fingerprint density at radius 1 is 1.17 bits per heavy atom. The maximum atomic E-state index is 12.4. The summed E-state index contributed by atoms with van der Waals surface area (Å²) in [5.74, 6) is -0.0383. The maximum absolute atomic E-state index is 12.4. The fourth-order valence-corrected chi connectivity index (χ4v) is 3.86. The molecule has 2 aromatic carbocycles. The van der Waals surface area contributed by atoms with Crippen molar-refractivity contribution in [1.82, 2.24) is 14.8 Å². The van der Waals surface area contributed by atoms with Crippen LogP contribution in [0.3, 0.4) is 0 Å². The van der Waals surface area contributed by atoms with Crippen LogP contribution < -0.4 is 5.32 Å². The average Bonchev–Trinajstić information content (AvgIpc) is 3.16. The summed E-state index contributed by atoms with van der Waals surface area (Å²) in [6, 6.07) is 11.9. The van der Waals surface area contributed by atoms with Gasteiger partial charge in [0.15, 0.2) is 11.0 Å². The SMILES string of the molecule is CCn1c(SCC(=O)Nc2cc(C(=O)OC)ccc2Cl)nnc1-c1cccc(Cl)c1. The third-order valence-electron chi connectivity index (χ3n) is 4.11. The van der Waals surface area contributed by atoms with Crippen molar-refractivity contribution in [3.05, 3.63) is 58.1 Å². The Labute approximate surface area is 187 Å². The van der Waals surface area contributed by atoms with Crippen molar-refractivity contribution in [2.75, 3.05) is 18.2 Å². The van der Waals surface area contributed by atoms with E-state index in [-0.39, 0.29) is 11.7 Å². The second kappa shape index (κ2) is 9.97. The first-order valence-corrected chi connectivity index (χ1v) is 10.7. The van der Waals surface area contributed by atoms with Crippen LogP contribution >= 0.6 is 35.0 Å². The number of halogens is 2. The van der Waals surface area contributed by atoms with Gasteiger partial charge in [0.2, 0.25) is 5.91 Å². The number of methoxy groups -OCH3 is 1. The van der Waals surface area contributed by atoms with E-state index in [4.69, 9.17) is 23.2 Å². The van der Waals surface area contributed by atoms with Gasteiger partial charge >= 0.3 is 5.97 Å². The van der Waals surface area contributed by atoms with Crippen LogP contribution in [0.4, 0.5) is 5.69 Å². The molecule has 0 unspecified atom stereocenters. The molecule has 1 heterocycles. The Balaban J connectivity index is 1.70. The van der Waals surface area contributed by atoms with Crippen molar-refractivity contribution >= 4 is 52.5 Å². The number of carbonyl (C=O) groups excluding carboxylic acids is 2. The summed E-state index contributed by atoms with van der Waals surface area (Å²) in [6.07, 6.45) is 0. The van der Waals surface area contributed by atoms with E-state index in [1.54, 1.807) is 6.07 Å². The smallest absolute Gasteiger partial charge is 0.337 e. The van der Waals surface area contributed by atoms with Gasteiger partial charge in [0, 0.05) is 17.1 Å². The lowest BCUT2D eigenvalue weighted by Gasteiger charge is -2.10. The number of aromatic nitrogens is 3. The Kier molecular flexibility index (Phi) is 7.36. The van der Waals surface area contributed by atoms with E-state index in [0.29, 0.717) is 38.8 Å². The zero-order chi connectivity index (χ0) is 21.7. The molecule has 0 bridgehead atoms. The summed E-state index contributed by atoms with van der Waals surface area (Å²) < 4.78 is 6.60. The van der Waals surface area contributed by atoms with Gasteiger partial charge in [-0.05, 0) is 37.3 Å². The second-order valence-electron chi connectivity index (χ2n) is 6.08. The van der Waals surface area contributed by atoms with Crippen LogP contribution in [-0.2, 0) is 16.1 Å². The predicted molar refractivity (Wildman–Crippen MR) is 118 cm³/mol. The van der Waals surface area contributed by atoms with Crippen molar-refractivity contribution in [1.29, 1.82) is 0 Å². The highest BCUT2D eigenvalue weighted by Crippen LogP contribution is 2.27. The summed E-state index contributed by atoms with van der Waals surface area (Å²) in [6.45, 7) is 2.60. The van der Waals surface area contributed by atoms with Gasteiger partial charge in [0.05, 0.1) is 29.1 Å². The molecule has 156 valence electrons. The molecule has 0 radical (unpaired) electrons. The molecule has 1 amide bonds. The van der Waals surface area contributed by atoms with Crippen LogP contribution in [0.25, 0.3) is 11.4 Å². The van der Waals surface area contributed by atoms with E-state index in [1.165, 1.54) is 37.1 Å². The van der Waals surface area contributed by atoms with E-state index in [1.807, 2.05) is 29.7 Å². The van der Waals surface area contributed by atoms with E-state index in [0.717, 1.165) is 5.56 Å². The Hall–Kier alpha value is -2.55. The quantitative estimate of drug-likeness (QED) is 0.399. The minimum atomic E-state index is -0.513. The van der Waals surface area contributed by atoms with E-state index in [9.17, 15) is 9.59 Å². The number of esters is 1. The molecule has 30 heavy (non-hydrogen) atoms. The Morgan fingerprint density at radius 3 is 2.67 bits per heavy atom. The molecule has 7 nitrogen and oxygen atoms in total. The van der Waals surface area contributed by atoms with Gasteiger partial charge in [-0.2, -0.15) is 0 Å². The number of ether oxygens (including phenoxy) is 1. The number of benzene rings is 2. The standard InChI is InChI=1S/C20H18Cl2N4O3S/c1-3-26-18(12-5-4-6-14(21)9-12)24-25-20(26)30-11-17(27)23-16-10-13(19(28)29-2)7-8-15(16)22/h4-10H,3,11H2,1-2H3,(H,23,27). The average molecular weight is 465 g/mol. The number of anilines is 1. The molecular weight excluding hydrogens is 447 g/mol. The highest BCUT2D eigenvalue weighted by molar-refractivity contribution is 7.99. The number of nitrogens with one attached hydrogen (secondary N) is 1. The number of carbonyl (C=O) groups is 2. The number of hydrogen-bond donors (Lipinski definition) is 1. The normalized spacial score (nSPS) is 10.7. The fraction of sp³-hybridized carbons (Fsp3) is 0.200. The monoisotopic (exact) mass is 464 g/mol. The first-order chi connectivity index (χ1) is 14.4. The third-order valence-corrected chi connectivity index (χ3v) is 5.64. The molecule has 0 saturated heterocycles. The first kappa shape index (κ1) is 22.1. The lowest BCUT2D eigenvalue weighted by molar-refractivity contribution is -0.113. The van der Waals surface area contributed by atoms with Gasteiger partial charge in [-0.25, -0.2) is 4.79 Å². The topological polar surface area (TPSA) is 86.1 Å². The number of rotatable bonds is 7. The van der Waals surface area contributed by atoms with Crippen molar-refractivity contribution in [3.8, 4) is 11.4 Å². The van der Waals surface area contributed by atoms with Crippen LogP contribution in [0.5, 0.6) is 0 Å². The Bertz CT molecular complexity index is 1090. The zero-order valence-corrected chi connectivity index (χ0v) is 18.5. The molecule has 0 spiro atoms. The van der Waals surface area contributed by atoms with Crippen LogP contribution in [0.15, 0.2) is 47.6 Å². The summed E-state index contributed by atoms with van der Waals surface area (Å²) in [4.78, 5) is 24.1. The van der Waals surface area contributed by atoms with Gasteiger partial charge < -0.3 is 14.6 Å². The van der Waals surface area contributed by atoms with Crippen molar-refractivity contribution < 1.29 is 14.3 Å². The number of hydrogen-bond acceptors (Lipinski definition) is 6. The predicted octanol–water partition coefficient (Wildman–Crippen LogP) is 4.79. The van der Waals surface area contributed by atoms with E-state index < -0.39 is 5.97 Å². The summed E-state index contributed by atoms with van der Waals surface area (Å²) in [7, 11) is 1.29. The van der Waals surface area contributed by atoms with Crippen LogP contribution in [0.1, 0.15) is 17.3 Å². The minimum Gasteiger partial charge on any atom is -0.465 e. The maximum Gasteiger partial charge on any atom is 0.337 e. The summed E-state index contributed by atoms with van der Waals surface area (Å²) in [5, 5.41) is 12.7. The lowest BCUT2D eigenvalue weighted by atomic mass is 10.2. The van der Waals surface area contributed by atoms with Crippen molar-refractivity contribution in [2.45, 2.75) is 18.6 Å². The minimum absolute atomic E-state index is 0.0897. The van der Waals surface area contributed by atoms with Gasteiger partial charge in [0.1, 0.15) is 0 Å². The van der Waals surface area contributed by atoms with Gasteiger partial charge in [-0.3, -0.25) is 4.79 Å². The van der Waals surface area contributed by atoms with E-state index >= 15 is 0 Å². The van der Waals surface area contributed by atoms with Gasteiger partial charge in [-0.15, -0.1) is 10.2 Å². The van der Waals surface area contributed by atoms with Gasteiger partial charge in [-0.1, -0.05) is 47.1 Å². The van der Waals surface area contributed by atoms with E-state index in [2.05, 4.69) is 20.3 Å². The molecule has 0 saturated carbocycles. The molecule has 3 aromatic rings. The highest BCUT2D eigenvalue weighted by Gasteiger charge is 2.16. The number of thioether (sulfide) groups is 1. The molecule has 3 rings (SSSR count). The van der Waals surface area contributed by atoms with Crippen LogP contribution in [-0.4, -0.2) is 39.5 Å². The largest absolute Gasteiger partial charge is 0.465 e. The third kappa shape index (κ3) is 5.13. The van der Waals surface area contributed by atoms with Gasteiger partial charge in [0.25, 0.3) is 0 Å². The first-order valence-electron chi connectivity index (χ1n) is 8.92. The molecule has 0 atom stereocenters. The molecule has 0 aliphatic rings. The molecule has 10 heteroatoms.